The summed E-state index contributed by atoms with van der Waals surface area (Å²) in [4.78, 5) is 25.2. The van der Waals surface area contributed by atoms with Crippen molar-refractivity contribution in [2.45, 2.75) is 39.0 Å². The third-order valence-electron chi connectivity index (χ3n) is 4.11. The zero-order chi connectivity index (χ0) is 15.6. The smallest absolute Gasteiger partial charge is 0.239 e. The summed E-state index contributed by atoms with van der Waals surface area (Å²) in [6.07, 6.45) is 1.24. The van der Waals surface area contributed by atoms with Crippen LogP contribution >= 0.6 is 0 Å². The number of hydrogen-bond donors (Lipinski definition) is 0. The summed E-state index contributed by atoms with van der Waals surface area (Å²) in [5, 5.41) is 0. The maximum atomic E-state index is 12.2. The highest BCUT2D eigenvalue weighted by atomic mass is 16.5. The predicted octanol–water partition coefficient (Wildman–Crippen LogP) is 2.76. The van der Waals surface area contributed by atoms with Crippen molar-refractivity contribution in [2.24, 2.45) is 5.92 Å². The fraction of sp³-hybridized carbons (Fsp3) is 0.529. The molecule has 2 rings (SSSR count). The molecule has 0 N–H and O–H groups in total. The number of carbonyl (C=O) groups is 2. The zero-order valence-corrected chi connectivity index (χ0v) is 13.2. The molecule has 1 aromatic rings. The maximum absolute atomic E-state index is 12.2. The van der Waals surface area contributed by atoms with Gasteiger partial charge in [-0.3, -0.25) is 14.5 Å². The van der Waals surface area contributed by atoms with Crippen molar-refractivity contribution in [3.8, 4) is 5.75 Å². The Labute approximate surface area is 126 Å². The van der Waals surface area contributed by atoms with Crippen LogP contribution in [0.1, 0.15) is 39.2 Å². The molecule has 0 bridgehead atoms. The molecule has 1 saturated heterocycles. The summed E-state index contributed by atoms with van der Waals surface area (Å²) in [5.41, 5.74) is 0.115. The summed E-state index contributed by atoms with van der Waals surface area (Å²) in [6, 6.07) is 7.51. The van der Waals surface area contributed by atoms with E-state index in [1.165, 1.54) is 4.90 Å². The highest BCUT2D eigenvalue weighted by Gasteiger charge is 2.47. The molecule has 4 heteroatoms. The molecule has 1 aliphatic heterocycles. The molecular formula is C17H23NO3. The van der Waals surface area contributed by atoms with Gasteiger partial charge in [0.1, 0.15) is 5.75 Å². The van der Waals surface area contributed by atoms with E-state index in [9.17, 15) is 9.59 Å². The highest BCUT2D eigenvalue weighted by Crippen LogP contribution is 2.36. The molecule has 2 amide bonds. The average Bonchev–Trinajstić information content (AvgIpc) is 2.64. The van der Waals surface area contributed by atoms with Crippen molar-refractivity contribution in [1.82, 2.24) is 4.90 Å². The molecule has 0 aromatic heterocycles. The Morgan fingerprint density at radius 3 is 2.33 bits per heavy atom. The lowest BCUT2D eigenvalue weighted by Gasteiger charge is -2.21. The number of hydrogen-bond acceptors (Lipinski definition) is 3. The van der Waals surface area contributed by atoms with Crippen LogP contribution in [0.2, 0.25) is 0 Å². The topological polar surface area (TPSA) is 46.6 Å². The van der Waals surface area contributed by atoms with Crippen LogP contribution in [0.3, 0.4) is 0 Å². The molecular weight excluding hydrogens is 266 g/mol. The lowest BCUT2D eigenvalue weighted by molar-refractivity contribution is -0.138. The van der Waals surface area contributed by atoms with E-state index >= 15 is 0 Å². The second kappa shape index (κ2) is 5.88. The third-order valence-corrected chi connectivity index (χ3v) is 4.11. The van der Waals surface area contributed by atoms with E-state index < -0.39 is 5.41 Å². The number of benzene rings is 1. The van der Waals surface area contributed by atoms with Gasteiger partial charge >= 0.3 is 0 Å². The molecule has 1 heterocycles. The molecule has 1 aliphatic rings. The number of ether oxygens (including phenoxy) is 1. The molecule has 114 valence electrons. The first-order valence-corrected chi connectivity index (χ1v) is 7.39. The van der Waals surface area contributed by atoms with Gasteiger partial charge in [0, 0.05) is 13.5 Å². The fourth-order valence-corrected chi connectivity index (χ4v) is 2.54. The molecule has 1 fully saturated rings. The first-order valence-electron chi connectivity index (χ1n) is 7.39. The Morgan fingerprint density at radius 1 is 1.24 bits per heavy atom. The number of amides is 2. The van der Waals surface area contributed by atoms with Gasteiger partial charge in [-0.15, -0.1) is 0 Å². The predicted molar refractivity (Wildman–Crippen MR) is 81.1 cm³/mol. The normalized spacial score (nSPS) is 22.2. The first-order chi connectivity index (χ1) is 9.84. The van der Waals surface area contributed by atoms with Crippen molar-refractivity contribution < 1.29 is 14.3 Å². The van der Waals surface area contributed by atoms with Crippen LogP contribution in [0.15, 0.2) is 24.3 Å². The van der Waals surface area contributed by atoms with E-state index in [1.54, 1.807) is 7.05 Å². The Morgan fingerprint density at radius 2 is 1.86 bits per heavy atom. The van der Waals surface area contributed by atoms with E-state index in [1.807, 2.05) is 31.2 Å². The monoisotopic (exact) mass is 289 g/mol. The highest BCUT2D eigenvalue weighted by molar-refractivity contribution is 6.08. The van der Waals surface area contributed by atoms with Gasteiger partial charge in [-0.2, -0.15) is 0 Å². The van der Waals surface area contributed by atoms with Crippen LogP contribution in [0, 0.1) is 5.92 Å². The minimum Gasteiger partial charge on any atom is -0.494 e. The second-order valence-electron chi connectivity index (χ2n) is 6.32. The largest absolute Gasteiger partial charge is 0.494 e. The number of likely N-dealkylation sites (tertiary alicyclic amines) is 1. The Hall–Kier alpha value is -1.84. The Kier molecular flexibility index (Phi) is 4.35. The number of imide groups is 1. The summed E-state index contributed by atoms with van der Waals surface area (Å²) >= 11 is 0. The van der Waals surface area contributed by atoms with Gasteiger partial charge in [0.25, 0.3) is 0 Å². The SMILES string of the molecule is CC(C)CCOc1ccc(C2(C)CC(=O)N(C)C2=O)cc1. The van der Waals surface area contributed by atoms with Gasteiger partial charge in [0.05, 0.1) is 12.0 Å². The van der Waals surface area contributed by atoms with Gasteiger partial charge in [0.2, 0.25) is 11.8 Å². The second-order valence-corrected chi connectivity index (χ2v) is 6.32. The summed E-state index contributed by atoms with van der Waals surface area (Å²) in [5.74, 6) is 1.15. The standard InChI is InChI=1S/C17H23NO3/c1-12(2)9-10-21-14-7-5-13(6-8-14)17(3)11-15(19)18(4)16(17)20/h5-8,12H,9-11H2,1-4H3. The van der Waals surface area contributed by atoms with E-state index in [2.05, 4.69) is 13.8 Å². The van der Waals surface area contributed by atoms with Crippen molar-refractivity contribution in [3.63, 3.8) is 0 Å². The van der Waals surface area contributed by atoms with Crippen molar-refractivity contribution in [1.29, 1.82) is 0 Å². The lowest BCUT2D eigenvalue weighted by Crippen LogP contribution is -2.34. The third kappa shape index (κ3) is 3.09. The van der Waals surface area contributed by atoms with E-state index in [0.29, 0.717) is 12.5 Å². The van der Waals surface area contributed by atoms with Crippen molar-refractivity contribution >= 4 is 11.8 Å². The molecule has 0 radical (unpaired) electrons. The molecule has 0 spiro atoms. The number of rotatable bonds is 5. The van der Waals surface area contributed by atoms with Crippen molar-refractivity contribution in [3.05, 3.63) is 29.8 Å². The quantitative estimate of drug-likeness (QED) is 0.783. The van der Waals surface area contributed by atoms with Crippen LogP contribution < -0.4 is 4.74 Å². The maximum Gasteiger partial charge on any atom is 0.239 e. The molecule has 0 aliphatic carbocycles. The van der Waals surface area contributed by atoms with E-state index in [-0.39, 0.29) is 18.2 Å². The van der Waals surface area contributed by atoms with Crippen LogP contribution in [0.25, 0.3) is 0 Å². The Balaban J connectivity index is 2.09. The summed E-state index contributed by atoms with van der Waals surface area (Å²) < 4.78 is 5.67. The summed E-state index contributed by atoms with van der Waals surface area (Å²) in [6.45, 7) is 6.83. The van der Waals surface area contributed by atoms with Gasteiger partial charge in [-0.1, -0.05) is 26.0 Å². The van der Waals surface area contributed by atoms with Crippen LogP contribution in [-0.4, -0.2) is 30.4 Å². The van der Waals surface area contributed by atoms with Gasteiger partial charge < -0.3 is 4.74 Å². The van der Waals surface area contributed by atoms with Crippen LogP contribution in [0.5, 0.6) is 5.75 Å². The number of nitrogens with zero attached hydrogens (tertiary/aromatic N) is 1. The van der Waals surface area contributed by atoms with E-state index in [4.69, 9.17) is 4.74 Å². The van der Waals surface area contributed by atoms with Gasteiger partial charge in [-0.25, -0.2) is 0 Å². The van der Waals surface area contributed by atoms with Crippen LogP contribution in [0.4, 0.5) is 0 Å². The number of carbonyl (C=O) groups excluding carboxylic acids is 2. The van der Waals surface area contributed by atoms with Crippen molar-refractivity contribution in [2.75, 3.05) is 13.7 Å². The molecule has 1 unspecified atom stereocenters. The Bertz CT molecular complexity index is 535. The zero-order valence-electron chi connectivity index (χ0n) is 13.2. The summed E-state index contributed by atoms with van der Waals surface area (Å²) in [7, 11) is 1.54. The minimum atomic E-state index is -0.748. The minimum absolute atomic E-state index is 0.125. The number of likely N-dealkylation sites (N-methyl/N-ethyl adjacent to an activating group) is 1. The molecule has 0 saturated carbocycles. The molecule has 1 atom stereocenters. The molecule has 21 heavy (non-hydrogen) atoms. The average molecular weight is 289 g/mol. The van der Waals surface area contributed by atoms with E-state index in [0.717, 1.165) is 17.7 Å². The fourth-order valence-electron chi connectivity index (χ4n) is 2.54. The first kappa shape index (κ1) is 15.5. The lowest BCUT2D eigenvalue weighted by atomic mass is 9.81. The van der Waals surface area contributed by atoms with Gasteiger partial charge in [-0.05, 0) is 37.0 Å². The van der Waals surface area contributed by atoms with Crippen LogP contribution in [-0.2, 0) is 15.0 Å². The molecule has 1 aromatic carbocycles. The van der Waals surface area contributed by atoms with Gasteiger partial charge in [0.15, 0.2) is 0 Å². The molecule has 4 nitrogen and oxygen atoms in total.